The van der Waals surface area contributed by atoms with Crippen molar-refractivity contribution in [1.82, 2.24) is 4.90 Å². The topological polar surface area (TPSA) is 23.5 Å². The number of nitrogens with zero attached hydrogens (tertiary/aromatic N) is 1. The van der Waals surface area contributed by atoms with E-state index in [1.165, 1.54) is 0 Å². The van der Waals surface area contributed by atoms with Crippen LogP contribution in [0.3, 0.4) is 0 Å². The smallest absolute Gasteiger partial charge is 0.387 e. The van der Waals surface area contributed by atoms with Gasteiger partial charge in [0.2, 0.25) is 0 Å². The zero-order chi connectivity index (χ0) is 16.1. The molecule has 0 aromatic heterocycles. The summed E-state index contributed by atoms with van der Waals surface area (Å²) in [5, 5.41) is 9.92. The van der Waals surface area contributed by atoms with Gasteiger partial charge in [-0.25, -0.2) is 0 Å². The zero-order valence-corrected chi connectivity index (χ0v) is 15.6. The minimum atomic E-state index is -0.750. The highest BCUT2D eigenvalue weighted by atomic mass is 35.6. The van der Waals surface area contributed by atoms with E-state index in [1.54, 1.807) is 11.8 Å². The molecule has 0 saturated carbocycles. The number of thioether (sulfide) groups is 1. The van der Waals surface area contributed by atoms with Crippen molar-refractivity contribution in [2.75, 3.05) is 26.6 Å². The van der Waals surface area contributed by atoms with Crippen LogP contribution in [0.25, 0.3) is 0 Å². The number of benzene rings is 1. The van der Waals surface area contributed by atoms with Gasteiger partial charge in [-0.1, -0.05) is 30.3 Å². The van der Waals surface area contributed by atoms with E-state index in [1.807, 2.05) is 68.8 Å². The van der Waals surface area contributed by atoms with Crippen LogP contribution in [0.1, 0.15) is 18.6 Å². The number of likely N-dealkylation sites (N-methyl/N-ethyl adjacent to an activating group) is 1. The third-order valence-corrected chi connectivity index (χ3v) is 2.41. The minimum Gasteiger partial charge on any atom is -0.387 e. The summed E-state index contributed by atoms with van der Waals surface area (Å²) in [6.07, 6.45) is 3.68. The summed E-state index contributed by atoms with van der Waals surface area (Å²) in [4.78, 5) is 1.26. The molecule has 0 aliphatic carbocycles. The van der Waals surface area contributed by atoms with Gasteiger partial charge in [-0.05, 0) is 39.1 Å². The fourth-order valence-corrected chi connectivity index (χ4v) is 1.21. The van der Waals surface area contributed by atoms with E-state index in [2.05, 4.69) is 0 Å². The molecule has 7 heteroatoms. The number of halogens is 3. The first-order valence-corrected chi connectivity index (χ1v) is 8.93. The maximum atomic E-state index is 9.92. The second kappa shape index (κ2) is 14.4. The van der Waals surface area contributed by atoms with E-state index >= 15 is 0 Å². The van der Waals surface area contributed by atoms with Crippen molar-refractivity contribution in [1.29, 1.82) is 0 Å². The van der Waals surface area contributed by atoms with Crippen molar-refractivity contribution in [2.24, 2.45) is 0 Å². The third kappa shape index (κ3) is 13.4. The Hall–Kier alpha value is 0.425. The van der Waals surface area contributed by atoms with Gasteiger partial charge >= 0.3 is 4.96 Å². The lowest BCUT2D eigenvalue weighted by Gasteiger charge is -2.25. The minimum absolute atomic E-state index is 0.141. The quantitative estimate of drug-likeness (QED) is 0.813. The summed E-state index contributed by atoms with van der Waals surface area (Å²) in [5.41, 5.74) is 0.976. The van der Waals surface area contributed by atoms with Gasteiger partial charge in [-0.2, -0.15) is 46.1 Å². The molecule has 1 aromatic rings. The van der Waals surface area contributed by atoms with Crippen molar-refractivity contribution in [3.8, 4) is 0 Å². The third-order valence-electron chi connectivity index (χ3n) is 2.41. The Morgan fingerprint density at radius 2 is 1.45 bits per heavy atom. The SMILES string of the molecule is CSC.C[C@@H]([C@H](O)c1ccccc1)N(C)C.ClB(Cl)Cl. The van der Waals surface area contributed by atoms with Crippen LogP contribution < -0.4 is 0 Å². The molecule has 0 heterocycles. The molecular formula is C13H23BCl3NOS. The van der Waals surface area contributed by atoms with Gasteiger partial charge in [0, 0.05) is 6.04 Å². The molecule has 116 valence electrons. The Kier molecular flexibility index (Phi) is 16.3. The predicted molar refractivity (Wildman–Crippen MR) is 97.3 cm³/mol. The summed E-state index contributed by atoms with van der Waals surface area (Å²) in [5.74, 6) is 0. The Morgan fingerprint density at radius 3 is 1.75 bits per heavy atom. The van der Waals surface area contributed by atoms with Crippen LogP contribution >= 0.6 is 46.1 Å². The van der Waals surface area contributed by atoms with Gasteiger partial charge in [0.15, 0.2) is 0 Å². The molecule has 1 rings (SSSR count). The highest BCUT2D eigenvalue weighted by Crippen LogP contribution is 2.18. The fourth-order valence-electron chi connectivity index (χ4n) is 1.21. The number of aliphatic hydroxyl groups is 1. The monoisotopic (exact) mass is 357 g/mol. The average molecular weight is 359 g/mol. The lowest BCUT2D eigenvalue weighted by molar-refractivity contribution is 0.0858. The Bertz CT molecular complexity index is 315. The molecule has 2 nitrogen and oxygen atoms in total. The molecule has 0 radical (unpaired) electrons. The van der Waals surface area contributed by atoms with Crippen molar-refractivity contribution in [3.05, 3.63) is 35.9 Å². The molecular weight excluding hydrogens is 335 g/mol. The number of aliphatic hydroxyl groups excluding tert-OH is 1. The van der Waals surface area contributed by atoms with Crippen LogP contribution in [0.15, 0.2) is 30.3 Å². The molecule has 0 spiro atoms. The van der Waals surface area contributed by atoms with Gasteiger partial charge in [-0.15, -0.1) is 0 Å². The van der Waals surface area contributed by atoms with E-state index in [0.717, 1.165) is 5.56 Å². The van der Waals surface area contributed by atoms with Crippen molar-refractivity contribution in [2.45, 2.75) is 19.1 Å². The predicted octanol–water partition coefficient (Wildman–Crippen LogP) is 4.34. The molecule has 0 aliphatic heterocycles. The van der Waals surface area contributed by atoms with Gasteiger partial charge < -0.3 is 10.0 Å². The molecule has 0 aliphatic rings. The van der Waals surface area contributed by atoms with Crippen LogP contribution in [0.4, 0.5) is 0 Å². The van der Waals surface area contributed by atoms with Crippen LogP contribution in [0, 0.1) is 0 Å². The first-order valence-electron chi connectivity index (χ1n) is 5.99. The number of rotatable bonds is 3. The van der Waals surface area contributed by atoms with E-state index in [-0.39, 0.29) is 6.04 Å². The molecule has 0 amide bonds. The van der Waals surface area contributed by atoms with Gasteiger partial charge in [-0.3, -0.25) is 0 Å². The molecule has 2 atom stereocenters. The lowest BCUT2D eigenvalue weighted by atomic mass is 10.0. The first-order chi connectivity index (χ1) is 9.27. The van der Waals surface area contributed by atoms with E-state index in [0.29, 0.717) is 0 Å². The van der Waals surface area contributed by atoms with Crippen LogP contribution in [0.5, 0.6) is 0 Å². The summed E-state index contributed by atoms with van der Waals surface area (Å²) < 4.78 is 0. The zero-order valence-electron chi connectivity index (χ0n) is 12.6. The van der Waals surface area contributed by atoms with Gasteiger partial charge in [0.05, 0.1) is 6.10 Å². The number of hydrogen-bond donors (Lipinski definition) is 1. The molecule has 0 unspecified atom stereocenters. The highest BCUT2D eigenvalue weighted by molar-refractivity contribution is 7.97. The van der Waals surface area contributed by atoms with E-state index < -0.39 is 11.1 Å². The van der Waals surface area contributed by atoms with Crippen LogP contribution in [0.2, 0.25) is 0 Å². The highest BCUT2D eigenvalue weighted by Gasteiger charge is 2.17. The molecule has 1 aromatic carbocycles. The van der Waals surface area contributed by atoms with Crippen molar-refractivity contribution >= 4 is 51.1 Å². The molecule has 0 bridgehead atoms. The summed E-state index contributed by atoms with van der Waals surface area (Å²) in [6, 6.07) is 9.88. The molecule has 1 N–H and O–H groups in total. The van der Waals surface area contributed by atoms with Crippen LogP contribution in [-0.2, 0) is 0 Å². The summed E-state index contributed by atoms with van der Waals surface area (Å²) in [7, 11) is 3.94. The average Bonchev–Trinajstić information content (AvgIpc) is 2.38. The van der Waals surface area contributed by atoms with Crippen LogP contribution in [-0.4, -0.2) is 47.6 Å². The van der Waals surface area contributed by atoms with Gasteiger partial charge in [0.1, 0.15) is 0 Å². The summed E-state index contributed by atoms with van der Waals surface area (Å²) in [6.45, 7) is 2.01. The number of hydrogen-bond acceptors (Lipinski definition) is 3. The summed E-state index contributed by atoms with van der Waals surface area (Å²) >= 11 is 16.2. The second-order valence-corrected chi connectivity index (χ2v) is 7.01. The lowest BCUT2D eigenvalue weighted by Crippen LogP contribution is -2.30. The first kappa shape index (κ1) is 22.7. The molecule has 0 fully saturated rings. The van der Waals surface area contributed by atoms with E-state index in [4.69, 9.17) is 34.4 Å². The van der Waals surface area contributed by atoms with Crippen molar-refractivity contribution in [3.63, 3.8) is 0 Å². The Morgan fingerprint density at radius 1 is 1.10 bits per heavy atom. The molecule has 20 heavy (non-hydrogen) atoms. The van der Waals surface area contributed by atoms with Crippen molar-refractivity contribution < 1.29 is 5.11 Å². The second-order valence-electron chi connectivity index (χ2n) is 4.22. The Balaban J connectivity index is 0. The normalized spacial score (nSPS) is 12.5. The largest absolute Gasteiger partial charge is 0.450 e. The maximum absolute atomic E-state index is 9.92. The molecule has 0 saturated heterocycles. The van der Waals surface area contributed by atoms with E-state index in [9.17, 15) is 5.11 Å². The Labute approximate surface area is 142 Å². The van der Waals surface area contributed by atoms with Gasteiger partial charge in [0.25, 0.3) is 0 Å². The fraction of sp³-hybridized carbons (Fsp3) is 0.538. The maximum Gasteiger partial charge on any atom is 0.450 e. The standard InChI is InChI=1S/C11H17NO.C2H6S.BCl3/c1-9(12(2)3)11(13)10-7-5-4-6-8-10;1-3-2;2-1(3)4/h4-9,11,13H,1-3H3;1-2H3;/t9-,11-;;/m0../s1.